The highest BCUT2D eigenvalue weighted by molar-refractivity contribution is 5.68. The third kappa shape index (κ3) is 5.73. The third-order valence-electron chi connectivity index (χ3n) is 2.31. The topological polar surface area (TPSA) is 46.6 Å². The van der Waals surface area contributed by atoms with E-state index in [0.29, 0.717) is 5.92 Å². The second-order valence-corrected chi connectivity index (χ2v) is 5.17. The summed E-state index contributed by atoms with van der Waals surface area (Å²) in [5.41, 5.74) is -0.377. The van der Waals surface area contributed by atoms with Crippen molar-refractivity contribution >= 4 is 12.9 Å². The molecule has 16 heavy (non-hydrogen) atoms. The number of carbonyl (C=O) groups is 2. The van der Waals surface area contributed by atoms with Gasteiger partial charge in [-0.3, -0.25) is 0 Å². The van der Waals surface area contributed by atoms with Gasteiger partial charge in [0.05, 0.1) is 0 Å². The van der Waals surface area contributed by atoms with Crippen LogP contribution in [-0.2, 0) is 9.53 Å². The van der Waals surface area contributed by atoms with Crippen molar-refractivity contribution in [1.29, 1.82) is 0 Å². The predicted molar refractivity (Wildman–Crippen MR) is 63.3 cm³/mol. The largest absolute Gasteiger partial charge is 0.444 e. The molecule has 1 saturated heterocycles. The van der Waals surface area contributed by atoms with Gasteiger partial charge < -0.3 is 14.4 Å². The van der Waals surface area contributed by atoms with Crippen molar-refractivity contribution in [3.63, 3.8) is 0 Å². The van der Waals surface area contributed by atoms with Crippen LogP contribution in [0.2, 0.25) is 0 Å². The molecule has 1 fully saturated rings. The van der Waals surface area contributed by atoms with Crippen molar-refractivity contribution in [2.45, 2.75) is 46.1 Å². The van der Waals surface area contributed by atoms with Crippen molar-refractivity contribution in [1.82, 2.24) is 4.90 Å². The van der Waals surface area contributed by atoms with E-state index in [-0.39, 0.29) is 11.7 Å². The monoisotopic (exact) mass is 229 g/mol. The molecule has 1 aliphatic rings. The van der Waals surface area contributed by atoms with Crippen LogP contribution in [0.3, 0.4) is 0 Å². The Balaban J connectivity index is 0.00000106. The van der Waals surface area contributed by atoms with E-state index in [2.05, 4.69) is 6.92 Å². The molecule has 1 heterocycles. The lowest BCUT2D eigenvalue weighted by Crippen LogP contribution is -2.42. The molecule has 0 spiro atoms. The standard InChI is InChI=1S/C11H21NO2.CH2O/c1-9-6-5-7-12(8-9)10(13)14-11(2,3)4;1-2/h9H,5-8H2,1-4H3;1H2/t9-;/m0./s1. The number of ether oxygens (including phenoxy) is 1. The molecule has 0 aromatic heterocycles. The molecule has 4 heteroatoms. The molecule has 0 aromatic rings. The maximum atomic E-state index is 11.7. The number of hydrogen-bond donors (Lipinski definition) is 0. The van der Waals surface area contributed by atoms with E-state index < -0.39 is 0 Å². The lowest BCUT2D eigenvalue weighted by Gasteiger charge is -2.32. The average Bonchev–Trinajstić information content (AvgIpc) is 2.18. The highest BCUT2D eigenvalue weighted by Crippen LogP contribution is 2.18. The molecule has 1 amide bonds. The number of piperidine rings is 1. The minimum atomic E-state index is -0.377. The lowest BCUT2D eigenvalue weighted by molar-refractivity contribution is -0.0980. The molecule has 4 nitrogen and oxygen atoms in total. The van der Waals surface area contributed by atoms with Crippen LogP contribution in [0.15, 0.2) is 0 Å². The zero-order valence-electron chi connectivity index (χ0n) is 10.8. The van der Waals surface area contributed by atoms with Crippen LogP contribution in [0.4, 0.5) is 4.79 Å². The number of hydrogen-bond acceptors (Lipinski definition) is 3. The summed E-state index contributed by atoms with van der Waals surface area (Å²) in [4.78, 5) is 21.5. The Kier molecular flexibility index (Phi) is 6.08. The van der Waals surface area contributed by atoms with E-state index in [1.807, 2.05) is 32.5 Å². The van der Waals surface area contributed by atoms with Crippen molar-refractivity contribution in [2.24, 2.45) is 5.92 Å². The van der Waals surface area contributed by atoms with Gasteiger partial charge in [-0.2, -0.15) is 0 Å². The quantitative estimate of drug-likeness (QED) is 0.641. The first-order chi connectivity index (χ1) is 7.38. The first-order valence-corrected chi connectivity index (χ1v) is 5.65. The Labute approximate surface area is 98.0 Å². The Morgan fingerprint density at radius 1 is 1.38 bits per heavy atom. The fraction of sp³-hybridized carbons (Fsp3) is 0.833. The SMILES string of the molecule is C=O.C[C@H]1CCCN(C(=O)OC(C)(C)C)C1. The maximum absolute atomic E-state index is 11.7. The maximum Gasteiger partial charge on any atom is 0.410 e. The van der Waals surface area contributed by atoms with Gasteiger partial charge >= 0.3 is 6.09 Å². The van der Waals surface area contributed by atoms with E-state index in [4.69, 9.17) is 9.53 Å². The smallest absolute Gasteiger partial charge is 0.410 e. The summed E-state index contributed by atoms with van der Waals surface area (Å²) >= 11 is 0. The van der Waals surface area contributed by atoms with Crippen molar-refractivity contribution < 1.29 is 14.3 Å². The zero-order valence-corrected chi connectivity index (χ0v) is 10.8. The number of likely N-dealkylation sites (tertiary alicyclic amines) is 1. The minimum Gasteiger partial charge on any atom is -0.444 e. The second kappa shape index (κ2) is 6.51. The number of amides is 1. The molecule has 1 atom stereocenters. The summed E-state index contributed by atoms with van der Waals surface area (Å²) in [7, 11) is 0. The van der Waals surface area contributed by atoms with E-state index >= 15 is 0 Å². The van der Waals surface area contributed by atoms with Crippen molar-refractivity contribution in [3.8, 4) is 0 Å². The Hall–Kier alpha value is -1.06. The van der Waals surface area contributed by atoms with Crippen LogP contribution in [0.1, 0.15) is 40.5 Å². The van der Waals surface area contributed by atoms with Crippen LogP contribution in [0.25, 0.3) is 0 Å². The first-order valence-electron chi connectivity index (χ1n) is 5.65. The van der Waals surface area contributed by atoms with Gasteiger partial charge in [0, 0.05) is 13.1 Å². The van der Waals surface area contributed by atoms with Gasteiger partial charge in [-0.15, -0.1) is 0 Å². The van der Waals surface area contributed by atoms with Gasteiger partial charge in [0.2, 0.25) is 0 Å². The molecule has 0 N–H and O–H groups in total. The van der Waals surface area contributed by atoms with Crippen LogP contribution < -0.4 is 0 Å². The number of nitrogens with zero attached hydrogens (tertiary/aromatic N) is 1. The molecule has 0 unspecified atom stereocenters. The summed E-state index contributed by atoms with van der Waals surface area (Å²) in [6, 6.07) is 0. The summed E-state index contributed by atoms with van der Waals surface area (Å²) in [5, 5.41) is 0. The van der Waals surface area contributed by atoms with Crippen molar-refractivity contribution in [2.75, 3.05) is 13.1 Å². The normalized spacial score (nSPS) is 20.8. The summed E-state index contributed by atoms with van der Waals surface area (Å²) in [6.07, 6.45) is 2.16. The highest BCUT2D eigenvalue weighted by atomic mass is 16.6. The highest BCUT2D eigenvalue weighted by Gasteiger charge is 2.25. The van der Waals surface area contributed by atoms with E-state index in [9.17, 15) is 4.79 Å². The minimum absolute atomic E-state index is 0.163. The van der Waals surface area contributed by atoms with E-state index in [1.54, 1.807) is 0 Å². The third-order valence-corrected chi connectivity index (χ3v) is 2.31. The molecule has 0 radical (unpaired) electrons. The summed E-state index contributed by atoms with van der Waals surface area (Å²) in [6.45, 7) is 11.6. The van der Waals surface area contributed by atoms with Crippen LogP contribution in [0.5, 0.6) is 0 Å². The molecule has 0 aliphatic carbocycles. The van der Waals surface area contributed by atoms with Gasteiger partial charge in [-0.25, -0.2) is 4.79 Å². The van der Waals surface area contributed by atoms with E-state index in [1.165, 1.54) is 6.42 Å². The van der Waals surface area contributed by atoms with Crippen LogP contribution in [-0.4, -0.2) is 36.5 Å². The Morgan fingerprint density at radius 3 is 2.38 bits per heavy atom. The molecule has 0 bridgehead atoms. The van der Waals surface area contributed by atoms with Gasteiger partial charge in [0.1, 0.15) is 12.4 Å². The average molecular weight is 229 g/mol. The fourth-order valence-electron chi connectivity index (χ4n) is 1.68. The number of carbonyl (C=O) groups excluding carboxylic acids is 2. The molecule has 0 saturated carbocycles. The van der Waals surface area contributed by atoms with Gasteiger partial charge in [-0.1, -0.05) is 6.92 Å². The fourth-order valence-corrected chi connectivity index (χ4v) is 1.68. The van der Waals surface area contributed by atoms with Crippen LogP contribution in [0, 0.1) is 5.92 Å². The Morgan fingerprint density at radius 2 is 1.94 bits per heavy atom. The molecular formula is C12H23NO3. The van der Waals surface area contributed by atoms with Crippen molar-refractivity contribution in [3.05, 3.63) is 0 Å². The van der Waals surface area contributed by atoms with Gasteiger partial charge in [0.15, 0.2) is 0 Å². The zero-order chi connectivity index (χ0) is 12.8. The summed E-state index contributed by atoms with van der Waals surface area (Å²) in [5.74, 6) is 0.608. The molecular weight excluding hydrogens is 206 g/mol. The first kappa shape index (κ1) is 14.9. The molecule has 1 aliphatic heterocycles. The second-order valence-electron chi connectivity index (χ2n) is 5.17. The lowest BCUT2D eigenvalue weighted by atomic mass is 10.0. The van der Waals surface area contributed by atoms with Gasteiger partial charge in [-0.05, 0) is 39.5 Å². The van der Waals surface area contributed by atoms with Gasteiger partial charge in [0.25, 0.3) is 0 Å². The Bertz CT molecular complexity index is 223. The predicted octanol–water partition coefficient (Wildman–Crippen LogP) is 2.47. The van der Waals surface area contributed by atoms with Crippen LogP contribution >= 0.6 is 0 Å². The molecule has 94 valence electrons. The summed E-state index contributed by atoms with van der Waals surface area (Å²) < 4.78 is 5.31. The molecule has 0 aromatic carbocycles. The molecule has 1 rings (SSSR count). The van der Waals surface area contributed by atoms with E-state index in [0.717, 1.165) is 19.5 Å². The number of rotatable bonds is 0.